The first kappa shape index (κ1) is 23.1. The van der Waals surface area contributed by atoms with Gasteiger partial charge >= 0.3 is 0 Å². The third kappa shape index (κ3) is 5.97. The van der Waals surface area contributed by atoms with E-state index in [9.17, 15) is 9.90 Å². The molecule has 0 bridgehead atoms. The van der Waals surface area contributed by atoms with Crippen molar-refractivity contribution in [3.8, 4) is 11.5 Å². The molecule has 1 aliphatic rings. The van der Waals surface area contributed by atoms with E-state index in [4.69, 9.17) is 15.2 Å². The number of piperazine rings is 1. The Morgan fingerprint density at radius 1 is 1.13 bits per heavy atom. The number of carbonyl (C=O) groups is 1. The van der Waals surface area contributed by atoms with Crippen molar-refractivity contribution >= 4 is 5.91 Å². The van der Waals surface area contributed by atoms with Crippen LogP contribution >= 0.6 is 0 Å². The minimum Gasteiger partial charge on any atom is -0.493 e. The number of aliphatic hydroxyl groups is 1. The summed E-state index contributed by atoms with van der Waals surface area (Å²) in [4.78, 5) is 15.8. The molecule has 2 unspecified atom stereocenters. The molecule has 0 aliphatic carbocycles. The third-order valence-electron chi connectivity index (χ3n) is 5.78. The van der Waals surface area contributed by atoms with Crippen LogP contribution in [0.3, 0.4) is 0 Å². The molecule has 1 aliphatic heterocycles. The number of benzene rings is 2. The molecule has 2 atom stereocenters. The van der Waals surface area contributed by atoms with Crippen LogP contribution in [0.4, 0.5) is 0 Å². The standard InChI is InChI=1S/C24H33N3O4/c1-17-7-6-8-18(2)24(17)20-14-26(15-23(25)29)11-12-27(20)13-19(28)16-31-22-10-5-4-9-21(22)30-3/h4-10,19-20,28H,11-16H2,1-3H3,(H2,25,29). The Labute approximate surface area is 184 Å². The molecule has 1 fully saturated rings. The predicted molar refractivity (Wildman–Crippen MR) is 120 cm³/mol. The van der Waals surface area contributed by atoms with E-state index in [-0.39, 0.29) is 25.1 Å². The Morgan fingerprint density at radius 3 is 2.45 bits per heavy atom. The van der Waals surface area contributed by atoms with Gasteiger partial charge in [0.25, 0.3) is 0 Å². The first-order valence-electron chi connectivity index (χ1n) is 10.6. The van der Waals surface area contributed by atoms with Gasteiger partial charge in [0.15, 0.2) is 11.5 Å². The molecule has 2 aromatic rings. The Kier molecular flexibility index (Phi) is 7.90. The highest BCUT2D eigenvalue weighted by molar-refractivity contribution is 5.75. The second kappa shape index (κ2) is 10.6. The molecule has 1 amide bonds. The zero-order valence-electron chi connectivity index (χ0n) is 18.6. The molecule has 0 radical (unpaired) electrons. The Hall–Kier alpha value is -2.61. The number of carbonyl (C=O) groups excluding carboxylic acids is 1. The molecule has 0 spiro atoms. The number of β-amino-alcohol motifs (C(OH)–C–C–N with tert-alkyl or cyclic N) is 1. The van der Waals surface area contributed by atoms with Crippen LogP contribution in [-0.4, -0.2) is 73.4 Å². The van der Waals surface area contributed by atoms with Crippen LogP contribution in [0.2, 0.25) is 0 Å². The Balaban J connectivity index is 1.72. The van der Waals surface area contributed by atoms with Crippen LogP contribution < -0.4 is 15.2 Å². The van der Waals surface area contributed by atoms with Crippen molar-refractivity contribution in [2.45, 2.75) is 26.0 Å². The fourth-order valence-electron chi connectivity index (χ4n) is 4.33. The lowest BCUT2D eigenvalue weighted by atomic mass is 9.93. The van der Waals surface area contributed by atoms with Crippen LogP contribution in [0.25, 0.3) is 0 Å². The number of rotatable bonds is 9. The van der Waals surface area contributed by atoms with E-state index in [1.165, 1.54) is 16.7 Å². The zero-order chi connectivity index (χ0) is 22.4. The van der Waals surface area contributed by atoms with Crippen molar-refractivity contribution in [1.29, 1.82) is 0 Å². The molecule has 0 saturated carbocycles. The maximum Gasteiger partial charge on any atom is 0.231 e. The van der Waals surface area contributed by atoms with Gasteiger partial charge in [-0.2, -0.15) is 0 Å². The lowest BCUT2D eigenvalue weighted by molar-refractivity contribution is -0.120. The molecule has 7 nitrogen and oxygen atoms in total. The minimum absolute atomic E-state index is 0.0650. The summed E-state index contributed by atoms with van der Waals surface area (Å²) >= 11 is 0. The summed E-state index contributed by atoms with van der Waals surface area (Å²) in [6.45, 7) is 7.24. The lowest BCUT2D eigenvalue weighted by Gasteiger charge is -2.43. The molecule has 3 rings (SSSR count). The summed E-state index contributed by atoms with van der Waals surface area (Å²) in [7, 11) is 1.60. The zero-order valence-corrected chi connectivity index (χ0v) is 18.6. The molecule has 3 N–H and O–H groups in total. The van der Waals surface area contributed by atoms with E-state index in [2.05, 4.69) is 41.8 Å². The highest BCUT2D eigenvalue weighted by Crippen LogP contribution is 2.31. The van der Waals surface area contributed by atoms with Gasteiger partial charge < -0.3 is 20.3 Å². The van der Waals surface area contributed by atoms with Crippen LogP contribution in [0.15, 0.2) is 42.5 Å². The monoisotopic (exact) mass is 427 g/mol. The number of nitrogens with zero attached hydrogens (tertiary/aromatic N) is 2. The molecule has 7 heteroatoms. The number of amides is 1. The largest absolute Gasteiger partial charge is 0.493 e. The number of aliphatic hydroxyl groups excluding tert-OH is 1. The van der Waals surface area contributed by atoms with Crippen molar-refractivity contribution in [2.75, 3.05) is 46.4 Å². The topological polar surface area (TPSA) is 88.3 Å². The average molecular weight is 428 g/mol. The van der Waals surface area contributed by atoms with Gasteiger partial charge in [-0.3, -0.25) is 14.6 Å². The number of para-hydroxylation sites is 2. The normalized spacial score (nSPS) is 18.5. The molecular formula is C24H33N3O4. The SMILES string of the molecule is COc1ccccc1OCC(O)CN1CCN(CC(N)=O)CC1c1c(C)cccc1C. The molecule has 1 heterocycles. The van der Waals surface area contributed by atoms with E-state index < -0.39 is 6.10 Å². The third-order valence-corrected chi connectivity index (χ3v) is 5.78. The van der Waals surface area contributed by atoms with Crippen molar-refractivity contribution in [3.05, 3.63) is 59.2 Å². The maximum atomic E-state index is 11.5. The predicted octanol–water partition coefficient (Wildman–Crippen LogP) is 1.90. The van der Waals surface area contributed by atoms with Gasteiger partial charge in [-0.25, -0.2) is 0 Å². The molecule has 2 aromatic carbocycles. The number of hydrogen-bond donors (Lipinski definition) is 2. The van der Waals surface area contributed by atoms with Gasteiger partial charge in [-0.05, 0) is 42.7 Å². The maximum absolute atomic E-state index is 11.5. The van der Waals surface area contributed by atoms with Gasteiger partial charge in [0.1, 0.15) is 12.7 Å². The van der Waals surface area contributed by atoms with Crippen LogP contribution in [0.5, 0.6) is 11.5 Å². The number of primary amides is 1. The summed E-state index contributed by atoms with van der Waals surface area (Å²) in [5.41, 5.74) is 9.09. The van der Waals surface area contributed by atoms with E-state index >= 15 is 0 Å². The fourth-order valence-corrected chi connectivity index (χ4v) is 4.33. The molecule has 1 saturated heterocycles. The van der Waals surface area contributed by atoms with Crippen LogP contribution in [-0.2, 0) is 4.79 Å². The molecule has 0 aromatic heterocycles. The van der Waals surface area contributed by atoms with Gasteiger partial charge in [0.2, 0.25) is 5.91 Å². The van der Waals surface area contributed by atoms with Crippen molar-refractivity contribution in [2.24, 2.45) is 5.73 Å². The van der Waals surface area contributed by atoms with Gasteiger partial charge in [0, 0.05) is 32.2 Å². The van der Waals surface area contributed by atoms with E-state index in [1.54, 1.807) is 7.11 Å². The first-order chi connectivity index (χ1) is 14.9. The second-order valence-corrected chi connectivity index (χ2v) is 8.13. The number of aryl methyl sites for hydroxylation is 2. The molecule has 31 heavy (non-hydrogen) atoms. The minimum atomic E-state index is -0.667. The smallest absolute Gasteiger partial charge is 0.231 e. The summed E-state index contributed by atoms with van der Waals surface area (Å²) in [6.07, 6.45) is -0.667. The first-order valence-corrected chi connectivity index (χ1v) is 10.6. The fraction of sp³-hybridized carbons (Fsp3) is 0.458. The Morgan fingerprint density at radius 2 is 1.81 bits per heavy atom. The summed E-state index contributed by atoms with van der Waals surface area (Å²) in [5.74, 6) is 0.934. The summed E-state index contributed by atoms with van der Waals surface area (Å²) in [6, 6.07) is 13.7. The van der Waals surface area contributed by atoms with E-state index in [0.29, 0.717) is 24.6 Å². The summed E-state index contributed by atoms with van der Waals surface area (Å²) < 4.78 is 11.1. The van der Waals surface area contributed by atoms with Gasteiger partial charge in [-0.15, -0.1) is 0 Å². The average Bonchev–Trinajstić information content (AvgIpc) is 2.73. The highest BCUT2D eigenvalue weighted by Gasteiger charge is 2.31. The summed E-state index contributed by atoms with van der Waals surface area (Å²) in [5, 5.41) is 10.7. The number of nitrogens with two attached hydrogens (primary N) is 1. The van der Waals surface area contributed by atoms with Gasteiger partial charge in [0.05, 0.1) is 13.7 Å². The Bertz CT molecular complexity index is 869. The number of methoxy groups -OCH3 is 1. The van der Waals surface area contributed by atoms with Crippen molar-refractivity contribution < 1.29 is 19.4 Å². The number of hydrogen-bond acceptors (Lipinski definition) is 6. The highest BCUT2D eigenvalue weighted by atomic mass is 16.5. The molecule has 168 valence electrons. The molecular weight excluding hydrogens is 394 g/mol. The number of ether oxygens (including phenoxy) is 2. The van der Waals surface area contributed by atoms with Crippen molar-refractivity contribution in [1.82, 2.24) is 9.80 Å². The van der Waals surface area contributed by atoms with Crippen LogP contribution in [0.1, 0.15) is 22.7 Å². The lowest BCUT2D eigenvalue weighted by Crippen LogP contribution is -2.52. The quantitative estimate of drug-likeness (QED) is 0.636. The van der Waals surface area contributed by atoms with Crippen LogP contribution in [0, 0.1) is 13.8 Å². The van der Waals surface area contributed by atoms with Crippen molar-refractivity contribution in [3.63, 3.8) is 0 Å². The van der Waals surface area contributed by atoms with Gasteiger partial charge in [-0.1, -0.05) is 30.3 Å². The van der Waals surface area contributed by atoms with E-state index in [0.717, 1.165) is 13.1 Å². The second-order valence-electron chi connectivity index (χ2n) is 8.13. The van der Waals surface area contributed by atoms with E-state index in [1.807, 2.05) is 24.3 Å².